The largest absolute Gasteiger partial charge is 0.491 e. The van der Waals surface area contributed by atoms with E-state index in [1.54, 1.807) is 20.2 Å². The number of halogens is 1. The van der Waals surface area contributed by atoms with Gasteiger partial charge >= 0.3 is 0 Å². The average Bonchev–Trinajstić information content (AvgIpc) is 2.68. The Bertz CT molecular complexity index is 810. The van der Waals surface area contributed by atoms with E-state index in [2.05, 4.69) is 15.6 Å². The Morgan fingerprint density at radius 1 is 1.30 bits per heavy atom. The molecule has 1 aromatic carbocycles. The van der Waals surface area contributed by atoms with Crippen molar-refractivity contribution in [1.29, 1.82) is 0 Å². The first-order chi connectivity index (χ1) is 13.1. The summed E-state index contributed by atoms with van der Waals surface area (Å²) >= 11 is 6.01. The molecule has 0 unspecified atom stereocenters. The molecule has 0 spiro atoms. The highest BCUT2D eigenvalue weighted by atomic mass is 35.5. The molecule has 0 saturated carbocycles. The van der Waals surface area contributed by atoms with Gasteiger partial charge in [-0.3, -0.25) is 4.79 Å². The van der Waals surface area contributed by atoms with Crippen LogP contribution in [0.2, 0.25) is 5.15 Å². The molecule has 27 heavy (non-hydrogen) atoms. The highest BCUT2D eigenvalue weighted by Crippen LogP contribution is 2.38. The van der Waals surface area contributed by atoms with Crippen LogP contribution >= 0.6 is 11.6 Å². The Kier molecular flexibility index (Phi) is 6.36. The van der Waals surface area contributed by atoms with Crippen molar-refractivity contribution in [3.8, 4) is 11.5 Å². The molecule has 1 amide bonds. The van der Waals surface area contributed by atoms with Gasteiger partial charge in [0, 0.05) is 26.1 Å². The van der Waals surface area contributed by atoms with Gasteiger partial charge in [0.15, 0.2) is 11.5 Å². The lowest BCUT2D eigenvalue weighted by atomic mass is 10.1. The standard InChI is InChI=1S/C19H22ClN3O4/c1-21-19(24)13-11-22-17(20)10-15(13)23-14-4-3-5-16(18(14)25-2)27-12-6-8-26-9-7-12/h3-5,10-12H,6-9H2,1-2H3,(H,21,24)(H,22,23). The molecule has 0 aliphatic carbocycles. The van der Waals surface area contributed by atoms with Gasteiger partial charge in [-0.2, -0.15) is 0 Å². The summed E-state index contributed by atoms with van der Waals surface area (Å²) in [6.07, 6.45) is 3.18. The van der Waals surface area contributed by atoms with Gasteiger partial charge in [-0.05, 0) is 18.2 Å². The molecule has 2 heterocycles. The van der Waals surface area contributed by atoms with Gasteiger partial charge in [-0.15, -0.1) is 0 Å². The molecular weight excluding hydrogens is 370 g/mol. The van der Waals surface area contributed by atoms with E-state index in [0.29, 0.717) is 41.7 Å². The van der Waals surface area contributed by atoms with E-state index in [4.69, 9.17) is 25.8 Å². The molecule has 1 aliphatic rings. The number of amides is 1. The van der Waals surface area contributed by atoms with Crippen molar-refractivity contribution in [3.05, 3.63) is 41.2 Å². The van der Waals surface area contributed by atoms with E-state index in [1.165, 1.54) is 6.20 Å². The summed E-state index contributed by atoms with van der Waals surface area (Å²) < 4.78 is 17.1. The van der Waals surface area contributed by atoms with Crippen LogP contribution < -0.4 is 20.1 Å². The minimum atomic E-state index is -0.268. The summed E-state index contributed by atoms with van der Waals surface area (Å²) in [5.74, 6) is 0.922. The summed E-state index contributed by atoms with van der Waals surface area (Å²) in [7, 11) is 3.14. The second kappa shape index (κ2) is 8.92. The molecular formula is C19H22ClN3O4. The molecule has 2 N–H and O–H groups in total. The Morgan fingerprint density at radius 2 is 2.07 bits per heavy atom. The van der Waals surface area contributed by atoms with Crippen LogP contribution in [0.3, 0.4) is 0 Å². The van der Waals surface area contributed by atoms with Crippen molar-refractivity contribution >= 4 is 28.9 Å². The smallest absolute Gasteiger partial charge is 0.254 e. The molecule has 1 saturated heterocycles. The zero-order valence-corrected chi connectivity index (χ0v) is 16.0. The third kappa shape index (κ3) is 4.61. The van der Waals surface area contributed by atoms with Crippen molar-refractivity contribution in [3.63, 3.8) is 0 Å². The van der Waals surface area contributed by atoms with Crippen molar-refractivity contribution < 1.29 is 19.0 Å². The normalized spacial score (nSPS) is 14.5. The summed E-state index contributed by atoms with van der Waals surface area (Å²) in [5, 5.41) is 6.08. The van der Waals surface area contributed by atoms with Gasteiger partial charge < -0.3 is 24.8 Å². The molecule has 3 rings (SSSR count). The highest BCUT2D eigenvalue weighted by Gasteiger charge is 2.20. The van der Waals surface area contributed by atoms with Gasteiger partial charge in [0.05, 0.1) is 37.3 Å². The van der Waals surface area contributed by atoms with Crippen molar-refractivity contribution in [2.45, 2.75) is 18.9 Å². The molecule has 144 valence electrons. The Morgan fingerprint density at radius 3 is 2.78 bits per heavy atom. The van der Waals surface area contributed by atoms with Crippen LogP contribution in [0.15, 0.2) is 30.5 Å². The van der Waals surface area contributed by atoms with E-state index in [-0.39, 0.29) is 17.2 Å². The van der Waals surface area contributed by atoms with E-state index >= 15 is 0 Å². The minimum absolute atomic E-state index is 0.0831. The first kappa shape index (κ1) is 19.3. The van der Waals surface area contributed by atoms with Crippen LogP contribution in [-0.2, 0) is 4.74 Å². The maximum Gasteiger partial charge on any atom is 0.254 e. The van der Waals surface area contributed by atoms with E-state index in [1.807, 2.05) is 18.2 Å². The second-order valence-electron chi connectivity index (χ2n) is 6.02. The van der Waals surface area contributed by atoms with Crippen molar-refractivity contribution in [1.82, 2.24) is 10.3 Å². The Balaban J connectivity index is 1.90. The Hall–Kier alpha value is -2.51. The van der Waals surface area contributed by atoms with Crippen LogP contribution in [0.4, 0.5) is 11.4 Å². The fraction of sp³-hybridized carbons (Fsp3) is 0.368. The zero-order chi connectivity index (χ0) is 19.2. The molecule has 7 nitrogen and oxygen atoms in total. The molecule has 1 fully saturated rings. The maximum atomic E-state index is 12.1. The van der Waals surface area contributed by atoms with Crippen molar-refractivity contribution in [2.24, 2.45) is 0 Å². The lowest BCUT2D eigenvalue weighted by Crippen LogP contribution is -2.26. The number of methoxy groups -OCH3 is 1. The van der Waals surface area contributed by atoms with Gasteiger partial charge in [0.1, 0.15) is 11.3 Å². The number of anilines is 2. The number of carbonyl (C=O) groups excluding carboxylic acids is 1. The second-order valence-corrected chi connectivity index (χ2v) is 6.41. The van der Waals surface area contributed by atoms with Crippen LogP contribution in [0, 0.1) is 0 Å². The molecule has 8 heteroatoms. The number of rotatable bonds is 6. The first-order valence-electron chi connectivity index (χ1n) is 8.68. The summed E-state index contributed by atoms with van der Waals surface area (Å²) in [6, 6.07) is 7.16. The number of hydrogen-bond donors (Lipinski definition) is 2. The molecule has 1 aromatic heterocycles. The quantitative estimate of drug-likeness (QED) is 0.734. The predicted octanol–water partition coefficient (Wildman–Crippen LogP) is 3.40. The number of carbonyl (C=O) groups is 1. The lowest BCUT2D eigenvalue weighted by Gasteiger charge is -2.25. The zero-order valence-electron chi connectivity index (χ0n) is 15.3. The van der Waals surface area contributed by atoms with Crippen LogP contribution in [-0.4, -0.2) is 44.4 Å². The van der Waals surface area contributed by atoms with Gasteiger partial charge in [0.2, 0.25) is 0 Å². The number of aromatic nitrogens is 1. The van der Waals surface area contributed by atoms with Crippen LogP contribution in [0.1, 0.15) is 23.2 Å². The topological polar surface area (TPSA) is 81.7 Å². The monoisotopic (exact) mass is 391 g/mol. The van der Waals surface area contributed by atoms with Crippen molar-refractivity contribution in [2.75, 3.05) is 32.7 Å². The third-order valence-electron chi connectivity index (χ3n) is 4.26. The first-order valence-corrected chi connectivity index (χ1v) is 9.06. The maximum absolute atomic E-state index is 12.1. The molecule has 0 radical (unpaired) electrons. The fourth-order valence-electron chi connectivity index (χ4n) is 2.88. The summed E-state index contributed by atoms with van der Waals surface area (Å²) in [5.41, 5.74) is 1.56. The number of hydrogen-bond acceptors (Lipinski definition) is 6. The lowest BCUT2D eigenvalue weighted by molar-refractivity contribution is 0.0246. The molecule has 0 atom stereocenters. The van der Waals surface area contributed by atoms with Crippen LogP contribution in [0.25, 0.3) is 0 Å². The number of nitrogens with zero attached hydrogens (tertiary/aromatic N) is 1. The van der Waals surface area contributed by atoms with Gasteiger partial charge in [-0.25, -0.2) is 4.98 Å². The number of benzene rings is 1. The fourth-order valence-corrected chi connectivity index (χ4v) is 3.04. The Labute approximate surface area is 163 Å². The SMILES string of the molecule is CNC(=O)c1cnc(Cl)cc1Nc1cccc(OC2CCOCC2)c1OC. The molecule has 2 aromatic rings. The summed E-state index contributed by atoms with van der Waals surface area (Å²) in [4.78, 5) is 16.1. The highest BCUT2D eigenvalue weighted by molar-refractivity contribution is 6.29. The predicted molar refractivity (Wildman–Crippen MR) is 103 cm³/mol. The van der Waals surface area contributed by atoms with Gasteiger partial charge in [0.25, 0.3) is 5.91 Å². The van der Waals surface area contributed by atoms with E-state index in [0.717, 1.165) is 12.8 Å². The van der Waals surface area contributed by atoms with E-state index < -0.39 is 0 Å². The van der Waals surface area contributed by atoms with Crippen LogP contribution in [0.5, 0.6) is 11.5 Å². The average molecular weight is 392 g/mol. The molecule has 1 aliphatic heterocycles. The third-order valence-corrected chi connectivity index (χ3v) is 4.46. The number of ether oxygens (including phenoxy) is 3. The summed E-state index contributed by atoms with van der Waals surface area (Å²) in [6.45, 7) is 1.38. The number of pyridine rings is 1. The minimum Gasteiger partial charge on any atom is -0.491 e. The van der Waals surface area contributed by atoms with E-state index in [9.17, 15) is 4.79 Å². The molecule has 0 bridgehead atoms. The number of para-hydroxylation sites is 1. The number of nitrogens with one attached hydrogen (secondary N) is 2. The van der Waals surface area contributed by atoms with Gasteiger partial charge in [-0.1, -0.05) is 17.7 Å².